The van der Waals surface area contributed by atoms with Crippen LogP contribution in [0.4, 0.5) is 0 Å². The Bertz CT molecular complexity index is 188. The van der Waals surface area contributed by atoms with Crippen molar-refractivity contribution in [1.29, 1.82) is 0 Å². The van der Waals surface area contributed by atoms with E-state index in [-0.39, 0.29) is 51.4 Å². The van der Waals surface area contributed by atoms with Gasteiger partial charge < -0.3 is 9.47 Å². The van der Waals surface area contributed by atoms with E-state index in [1.807, 2.05) is 6.92 Å². The quantitative estimate of drug-likeness (QED) is 0.391. The summed E-state index contributed by atoms with van der Waals surface area (Å²) in [5.41, 5.74) is 0. The maximum atomic E-state index is 11.4. The number of esters is 2. The zero-order valence-corrected chi connectivity index (χ0v) is 9.75. The fraction of sp³-hybridized carbons (Fsp3) is 0.818. The normalized spacial score (nSPS) is 9.50. The molecule has 0 fully saturated rings. The predicted molar refractivity (Wildman–Crippen MR) is 63.4 cm³/mol. The summed E-state index contributed by atoms with van der Waals surface area (Å²) in [6.45, 7) is 6.04. The first-order chi connectivity index (χ1) is 7.17. The van der Waals surface area contributed by atoms with Gasteiger partial charge >= 0.3 is 63.3 Å². The molecule has 0 aliphatic heterocycles. The van der Waals surface area contributed by atoms with Crippen molar-refractivity contribution in [3.63, 3.8) is 0 Å². The molecule has 0 aliphatic rings. The Morgan fingerprint density at radius 1 is 1.00 bits per heavy atom. The number of hydrogen-bond acceptors (Lipinski definition) is 4. The Kier molecular flexibility index (Phi) is 14.2. The predicted octanol–water partition coefficient (Wildman–Crippen LogP) is 1.27. The summed E-state index contributed by atoms with van der Waals surface area (Å²) >= 11 is 0. The number of rotatable bonds is 7. The molecule has 90 valence electrons. The van der Waals surface area contributed by atoms with E-state index in [1.165, 1.54) is 0 Å². The van der Waals surface area contributed by atoms with Crippen LogP contribution in [0.2, 0.25) is 0 Å². The first kappa shape index (κ1) is 18.9. The van der Waals surface area contributed by atoms with Crippen LogP contribution in [-0.4, -0.2) is 76.5 Å². The summed E-state index contributed by atoms with van der Waals surface area (Å²) in [6.07, 6.45) is 2.27. The number of ether oxygens (including phenoxy) is 2. The number of carbonyl (C=O) groups excluding carboxylic acids is 2. The van der Waals surface area contributed by atoms with Crippen LogP contribution in [0, 0.1) is 5.92 Å². The Morgan fingerprint density at radius 2 is 1.44 bits per heavy atom. The Morgan fingerprint density at radius 3 is 1.75 bits per heavy atom. The second kappa shape index (κ2) is 12.0. The molecule has 0 bridgehead atoms. The number of carbonyl (C=O) groups is 2. The van der Waals surface area contributed by atoms with E-state index in [2.05, 4.69) is 0 Å². The molecular formula is C11H21KO4. The zero-order chi connectivity index (χ0) is 11.7. The SMILES string of the molecule is CCCCC(C(=O)OCC)C(=O)OCC.[KH]. The molecule has 4 nitrogen and oxygen atoms in total. The van der Waals surface area contributed by atoms with Gasteiger partial charge in [-0.1, -0.05) is 19.8 Å². The van der Waals surface area contributed by atoms with Gasteiger partial charge in [0, 0.05) is 0 Å². The summed E-state index contributed by atoms with van der Waals surface area (Å²) < 4.78 is 9.66. The average Bonchev–Trinajstić information content (AvgIpc) is 2.19. The van der Waals surface area contributed by atoms with Crippen molar-refractivity contribution in [1.82, 2.24) is 0 Å². The van der Waals surface area contributed by atoms with E-state index >= 15 is 0 Å². The number of unbranched alkanes of at least 4 members (excludes halogenated alkanes) is 1. The molecule has 0 saturated heterocycles. The molecule has 0 aliphatic carbocycles. The molecule has 16 heavy (non-hydrogen) atoms. The van der Waals surface area contributed by atoms with Gasteiger partial charge in [0.25, 0.3) is 0 Å². The van der Waals surface area contributed by atoms with Gasteiger partial charge in [-0.15, -0.1) is 0 Å². The first-order valence-electron chi connectivity index (χ1n) is 5.50. The second-order valence-corrected chi connectivity index (χ2v) is 3.20. The van der Waals surface area contributed by atoms with Crippen LogP contribution in [0.15, 0.2) is 0 Å². The third-order valence-corrected chi connectivity index (χ3v) is 1.99. The zero-order valence-electron chi connectivity index (χ0n) is 9.75. The maximum absolute atomic E-state index is 11.4. The minimum absolute atomic E-state index is 0. The average molecular weight is 256 g/mol. The molecule has 0 spiro atoms. The minimum atomic E-state index is -0.746. The van der Waals surface area contributed by atoms with Crippen LogP contribution in [-0.2, 0) is 19.1 Å². The molecule has 0 saturated carbocycles. The fourth-order valence-corrected chi connectivity index (χ4v) is 1.23. The second-order valence-electron chi connectivity index (χ2n) is 3.20. The van der Waals surface area contributed by atoms with Crippen LogP contribution in [0.5, 0.6) is 0 Å². The summed E-state index contributed by atoms with van der Waals surface area (Å²) in [7, 11) is 0. The van der Waals surface area contributed by atoms with Crippen LogP contribution in [0.3, 0.4) is 0 Å². The monoisotopic (exact) mass is 256 g/mol. The van der Waals surface area contributed by atoms with Gasteiger partial charge in [-0.05, 0) is 20.3 Å². The molecule has 0 amide bonds. The van der Waals surface area contributed by atoms with Gasteiger partial charge in [-0.2, -0.15) is 0 Å². The Labute approximate surface area is 140 Å². The molecule has 0 heterocycles. The van der Waals surface area contributed by atoms with Crippen LogP contribution < -0.4 is 0 Å². The third kappa shape index (κ3) is 7.79. The summed E-state index contributed by atoms with van der Waals surface area (Å²) in [5.74, 6) is -1.68. The molecule has 0 atom stereocenters. The van der Waals surface area contributed by atoms with Crippen molar-refractivity contribution < 1.29 is 19.1 Å². The van der Waals surface area contributed by atoms with Gasteiger partial charge in [-0.3, -0.25) is 9.59 Å². The summed E-state index contributed by atoms with van der Waals surface area (Å²) in [4.78, 5) is 22.9. The van der Waals surface area contributed by atoms with Gasteiger partial charge in [-0.25, -0.2) is 0 Å². The van der Waals surface area contributed by atoms with Gasteiger partial charge in [0.1, 0.15) is 0 Å². The van der Waals surface area contributed by atoms with Crippen molar-refractivity contribution in [3.05, 3.63) is 0 Å². The van der Waals surface area contributed by atoms with Crippen molar-refractivity contribution in [2.75, 3.05) is 13.2 Å². The fourth-order valence-electron chi connectivity index (χ4n) is 1.23. The third-order valence-electron chi connectivity index (χ3n) is 1.99. The number of hydrogen-bond donors (Lipinski definition) is 0. The molecule has 0 unspecified atom stereocenters. The van der Waals surface area contributed by atoms with E-state index in [4.69, 9.17) is 9.47 Å². The van der Waals surface area contributed by atoms with Gasteiger partial charge in [0.2, 0.25) is 0 Å². The molecule has 0 aromatic heterocycles. The molecule has 0 rings (SSSR count). The molecule has 0 aromatic carbocycles. The van der Waals surface area contributed by atoms with Crippen molar-refractivity contribution in [3.8, 4) is 0 Å². The Hall–Kier alpha value is 0.576. The van der Waals surface area contributed by atoms with Crippen molar-refractivity contribution >= 4 is 63.3 Å². The van der Waals surface area contributed by atoms with E-state index in [1.54, 1.807) is 13.8 Å². The molecule has 0 aromatic rings. The van der Waals surface area contributed by atoms with E-state index in [0.717, 1.165) is 12.8 Å². The van der Waals surface area contributed by atoms with E-state index in [9.17, 15) is 9.59 Å². The molecule has 0 N–H and O–H groups in total. The Balaban J connectivity index is 0. The standard InChI is InChI=1S/C11H20O4.K.H/c1-4-7-8-9(10(12)14-5-2)11(13)15-6-3;;/h9H,4-8H2,1-3H3;;. The molecular weight excluding hydrogens is 235 g/mol. The van der Waals surface area contributed by atoms with Crippen molar-refractivity contribution in [2.24, 2.45) is 5.92 Å². The van der Waals surface area contributed by atoms with E-state index < -0.39 is 17.9 Å². The molecule has 0 radical (unpaired) electrons. The van der Waals surface area contributed by atoms with E-state index in [0.29, 0.717) is 19.6 Å². The van der Waals surface area contributed by atoms with Gasteiger partial charge in [0.15, 0.2) is 5.92 Å². The summed E-state index contributed by atoms with van der Waals surface area (Å²) in [6, 6.07) is 0. The van der Waals surface area contributed by atoms with Crippen LogP contribution in [0.1, 0.15) is 40.0 Å². The van der Waals surface area contributed by atoms with Crippen LogP contribution >= 0.6 is 0 Å². The van der Waals surface area contributed by atoms with Crippen LogP contribution in [0.25, 0.3) is 0 Å². The first-order valence-corrected chi connectivity index (χ1v) is 5.50. The van der Waals surface area contributed by atoms with Gasteiger partial charge in [0.05, 0.1) is 13.2 Å². The summed E-state index contributed by atoms with van der Waals surface area (Å²) in [5, 5.41) is 0. The van der Waals surface area contributed by atoms with Crippen molar-refractivity contribution in [2.45, 2.75) is 40.0 Å². The molecule has 5 heteroatoms. The topological polar surface area (TPSA) is 52.6 Å².